The van der Waals surface area contributed by atoms with Gasteiger partial charge in [0.25, 0.3) is 5.91 Å². The zero-order chi connectivity index (χ0) is 19.1. The lowest BCUT2D eigenvalue weighted by Gasteiger charge is -2.21. The van der Waals surface area contributed by atoms with Gasteiger partial charge in [0.1, 0.15) is 5.82 Å². The molecule has 28 heavy (non-hydrogen) atoms. The van der Waals surface area contributed by atoms with E-state index in [1.165, 1.54) is 23.5 Å². The number of carbonyl (C=O) groups excluding carboxylic acids is 1. The minimum Gasteiger partial charge on any atom is -0.379 e. The molecule has 0 radical (unpaired) electrons. The SMILES string of the molecule is O=C(c1nc(-c2cccs2)n(-c2ccc(F)cc2)n1)N1CCOCC2(CC2)C1. The van der Waals surface area contributed by atoms with Crippen LogP contribution in [-0.2, 0) is 4.74 Å². The molecule has 1 amide bonds. The molecule has 1 saturated carbocycles. The Hall–Kier alpha value is -2.58. The summed E-state index contributed by atoms with van der Waals surface area (Å²) in [6.07, 6.45) is 2.18. The van der Waals surface area contributed by atoms with Crippen LogP contribution in [0.4, 0.5) is 4.39 Å². The molecular formula is C20H19FN4O2S. The molecular weight excluding hydrogens is 379 g/mol. The summed E-state index contributed by atoms with van der Waals surface area (Å²) in [5, 5.41) is 6.45. The fourth-order valence-corrected chi connectivity index (χ4v) is 4.22. The van der Waals surface area contributed by atoms with Crippen LogP contribution in [-0.4, -0.2) is 51.9 Å². The van der Waals surface area contributed by atoms with Gasteiger partial charge in [0.2, 0.25) is 5.82 Å². The summed E-state index contributed by atoms with van der Waals surface area (Å²) in [4.78, 5) is 20.4. The Kier molecular flexibility index (Phi) is 4.25. The van der Waals surface area contributed by atoms with E-state index in [2.05, 4.69) is 10.1 Å². The fraction of sp³-hybridized carbons (Fsp3) is 0.350. The minimum atomic E-state index is -0.322. The van der Waals surface area contributed by atoms with Gasteiger partial charge in [0.15, 0.2) is 5.82 Å². The van der Waals surface area contributed by atoms with Crippen molar-refractivity contribution in [2.45, 2.75) is 12.8 Å². The number of thiophene rings is 1. The van der Waals surface area contributed by atoms with Crippen LogP contribution in [0, 0.1) is 11.2 Å². The maximum absolute atomic E-state index is 13.4. The van der Waals surface area contributed by atoms with Crippen LogP contribution in [0.3, 0.4) is 0 Å². The summed E-state index contributed by atoms with van der Waals surface area (Å²) in [6.45, 7) is 2.48. The van der Waals surface area contributed by atoms with Crippen LogP contribution >= 0.6 is 11.3 Å². The van der Waals surface area contributed by atoms with Crippen LogP contribution in [0.25, 0.3) is 16.4 Å². The molecule has 144 valence electrons. The van der Waals surface area contributed by atoms with Gasteiger partial charge in [-0.25, -0.2) is 14.1 Å². The lowest BCUT2D eigenvalue weighted by molar-refractivity contribution is 0.0723. The van der Waals surface area contributed by atoms with Crippen molar-refractivity contribution in [3.8, 4) is 16.4 Å². The maximum Gasteiger partial charge on any atom is 0.293 e. The van der Waals surface area contributed by atoms with Crippen LogP contribution in [0.5, 0.6) is 0 Å². The lowest BCUT2D eigenvalue weighted by atomic mass is 10.1. The molecule has 3 aromatic rings. The number of halogens is 1. The van der Waals surface area contributed by atoms with Crippen molar-refractivity contribution in [2.75, 3.05) is 26.3 Å². The Balaban J connectivity index is 1.52. The predicted octanol–water partition coefficient (Wildman–Crippen LogP) is 3.39. The van der Waals surface area contributed by atoms with Crippen molar-refractivity contribution in [2.24, 2.45) is 5.41 Å². The van der Waals surface area contributed by atoms with Gasteiger partial charge in [-0.05, 0) is 48.6 Å². The Morgan fingerprint density at radius 1 is 1.21 bits per heavy atom. The van der Waals surface area contributed by atoms with E-state index in [1.54, 1.807) is 16.8 Å². The molecule has 3 heterocycles. The molecule has 1 aromatic carbocycles. The quantitative estimate of drug-likeness (QED) is 0.679. The molecule has 5 rings (SSSR count). The van der Waals surface area contributed by atoms with Gasteiger partial charge in [-0.3, -0.25) is 4.79 Å². The number of rotatable bonds is 3. The van der Waals surface area contributed by atoms with Gasteiger partial charge in [-0.1, -0.05) is 6.07 Å². The second kappa shape index (κ2) is 6.79. The van der Waals surface area contributed by atoms with E-state index in [1.807, 2.05) is 22.4 Å². The summed E-state index contributed by atoms with van der Waals surface area (Å²) in [5.41, 5.74) is 0.775. The third-order valence-corrected chi connectivity index (χ3v) is 6.16. The van der Waals surface area contributed by atoms with Crippen molar-refractivity contribution in [3.63, 3.8) is 0 Å². The second-order valence-electron chi connectivity index (χ2n) is 7.40. The first-order valence-corrected chi connectivity index (χ1v) is 10.2. The topological polar surface area (TPSA) is 60.2 Å². The first-order valence-electron chi connectivity index (χ1n) is 9.28. The third-order valence-electron chi connectivity index (χ3n) is 5.30. The van der Waals surface area contributed by atoms with Crippen molar-refractivity contribution in [3.05, 3.63) is 53.4 Å². The smallest absolute Gasteiger partial charge is 0.293 e. The lowest BCUT2D eigenvalue weighted by Crippen LogP contribution is -2.37. The highest BCUT2D eigenvalue weighted by atomic mass is 32.1. The zero-order valence-electron chi connectivity index (χ0n) is 15.2. The zero-order valence-corrected chi connectivity index (χ0v) is 16.0. The Morgan fingerprint density at radius 2 is 2.04 bits per heavy atom. The van der Waals surface area contributed by atoms with Crippen LogP contribution in [0.15, 0.2) is 41.8 Å². The summed E-state index contributed by atoms with van der Waals surface area (Å²) in [6, 6.07) is 9.87. The number of nitrogens with zero attached hydrogens (tertiary/aromatic N) is 4. The maximum atomic E-state index is 13.4. The highest BCUT2D eigenvalue weighted by Gasteiger charge is 2.46. The number of benzene rings is 1. The Labute approximate surface area is 165 Å². The van der Waals surface area contributed by atoms with Crippen LogP contribution < -0.4 is 0 Å². The van der Waals surface area contributed by atoms with Crippen LogP contribution in [0.1, 0.15) is 23.5 Å². The largest absolute Gasteiger partial charge is 0.379 e. The van der Waals surface area contributed by atoms with Crippen molar-refractivity contribution < 1.29 is 13.9 Å². The second-order valence-corrected chi connectivity index (χ2v) is 8.35. The number of aromatic nitrogens is 3. The normalized spacial score (nSPS) is 18.2. The summed E-state index contributed by atoms with van der Waals surface area (Å²) in [7, 11) is 0. The van der Waals surface area contributed by atoms with Gasteiger partial charge in [0.05, 0.1) is 23.8 Å². The first kappa shape index (κ1) is 17.5. The number of amides is 1. The van der Waals surface area contributed by atoms with E-state index in [-0.39, 0.29) is 23.0 Å². The summed E-state index contributed by atoms with van der Waals surface area (Å²) in [5.74, 6) is 0.232. The van der Waals surface area contributed by atoms with E-state index in [0.29, 0.717) is 37.8 Å². The van der Waals surface area contributed by atoms with Gasteiger partial charge < -0.3 is 9.64 Å². The highest BCUT2D eigenvalue weighted by molar-refractivity contribution is 7.13. The van der Waals surface area contributed by atoms with Crippen LogP contribution in [0.2, 0.25) is 0 Å². The molecule has 0 atom stereocenters. The first-order chi connectivity index (χ1) is 13.6. The molecule has 0 N–H and O–H groups in total. The molecule has 0 unspecified atom stereocenters. The van der Waals surface area contributed by atoms with E-state index in [9.17, 15) is 9.18 Å². The average Bonchev–Trinajstić information content (AvgIpc) is 3.11. The Bertz CT molecular complexity index is 996. The predicted molar refractivity (Wildman–Crippen MR) is 103 cm³/mol. The van der Waals surface area contributed by atoms with E-state index >= 15 is 0 Å². The molecule has 6 nitrogen and oxygen atoms in total. The molecule has 1 aliphatic heterocycles. The van der Waals surface area contributed by atoms with E-state index in [4.69, 9.17) is 4.74 Å². The number of carbonyl (C=O) groups is 1. The molecule has 1 saturated heterocycles. The average molecular weight is 398 g/mol. The van der Waals surface area contributed by atoms with Gasteiger partial charge in [-0.15, -0.1) is 16.4 Å². The summed E-state index contributed by atoms with van der Waals surface area (Å²) >= 11 is 1.52. The molecule has 2 fully saturated rings. The number of ether oxygens (including phenoxy) is 1. The molecule has 2 aliphatic rings. The van der Waals surface area contributed by atoms with Crippen molar-refractivity contribution in [1.82, 2.24) is 19.7 Å². The van der Waals surface area contributed by atoms with E-state index in [0.717, 1.165) is 17.7 Å². The molecule has 1 aliphatic carbocycles. The minimum absolute atomic E-state index is 0.113. The van der Waals surface area contributed by atoms with Crippen molar-refractivity contribution >= 4 is 17.2 Å². The molecule has 8 heteroatoms. The van der Waals surface area contributed by atoms with Gasteiger partial charge in [-0.2, -0.15) is 0 Å². The highest BCUT2D eigenvalue weighted by Crippen LogP contribution is 2.47. The standard InChI is InChI=1S/C20H19FN4O2S/c21-14-3-5-15(6-4-14)25-18(16-2-1-11-28-16)22-17(23-25)19(26)24-9-10-27-13-20(12-24)7-8-20/h1-6,11H,7-10,12-13H2. The van der Waals surface area contributed by atoms with E-state index < -0.39 is 0 Å². The molecule has 2 aromatic heterocycles. The Morgan fingerprint density at radius 3 is 2.75 bits per heavy atom. The third kappa shape index (κ3) is 3.22. The fourth-order valence-electron chi connectivity index (χ4n) is 3.52. The van der Waals surface area contributed by atoms with Crippen molar-refractivity contribution in [1.29, 1.82) is 0 Å². The molecule has 0 bridgehead atoms. The monoisotopic (exact) mass is 398 g/mol. The van der Waals surface area contributed by atoms with Gasteiger partial charge in [0, 0.05) is 18.5 Å². The summed E-state index contributed by atoms with van der Waals surface area (Å²) < 4.78 is 20.6. The molecule has 1 spiro atoms. The van der Waals surface area contributed by atoms with Gasteiger partial charge >= 0.3 is 0 Å². The number of hydrogen-bond acceptors (Lipinski definition) is 5. The number of hydrogen-bond donors (Lipinski definition) is 0.